The van der Waals surface area contributed by atoms with Crippen molar-refractivity contribution in [3.63, 3.8) is 0 Å². The molecule has 1 heterocycles. The van der Waals surface area contributed by atoms with Crippen LogP contribution in [0.4, 0.5) is 0 Å². The summed E-state index contributed by atoms with van der Waals surface area (Å²) in [6.45, 7) is 5.67. The van der Waals surface area contributed by atoms with Crippen molar-refractivity contribution < 1.29 is 29.0 Å². The van der Waals surface area contributed by atoms with Crippen LogP contribution in [0.3, 0.4) is 0 Å². The molecule has 1 aromatic heterocycles. The van der Waals surface area contributed by atoms with Crippen LogP contribution in [0, 0.1) is 12.8 Å². The Morgan fingerprint density at radius 2 is 1.90 bits per heavy atom. The molecule has 29 heavy (non-hydrogen) atoms. The zero-order valence-corrected chi connectivity index (χ0v) is 17.6. The molecule has 9 nitrogen and oxygen atoms in total. The average Bonchev–Trinajstić information content (AvgIpc) is 2.98. The molecule has 2 rings (SSSR count). The first-order chi connectivity index (χ1) is 13.5. The zero-order chi connectivity index (χ0) is 21.8. The minimum Gasteiger partial charge on any atom is -0.480 e. The number of carbonyl (C=O) groups is 2. The fraction of sp³-hybridized carbons (Fsp3) is 0.474. The third kappa shape index (κ3) is 6.97. The van der Waals surface area contributed by atoms with Crippen LogP contribution in [0.25, 0.3) is 10.9 Å². The molecule has 0 aliphatic carbocycles. The van der Waals surface area contributed by atoms with Crippen molar-refractivity contribution in [3.05, 3.63) is 35.5 Å². The molecule has 0 fully saturated rings. The van der Waals surface area contributed by atoms with Gasteiger partial charge in [0.25, 0.3) is 0 Å². The highest BCUT2D eigenvalue weighted by atomic mass is 31.2. The number of hydrogen-bond acceptors (Lipinski definition) is 4. The first-order valence-corrected chi connectivity index (χ1v) is 11.1. The second-order valence-corrected chi connectivity index (χ2v) is 9.32. The van der Waals surface area contributed by atoms with E-state index in [1.165, 1.54) is 0 Å². The van der Waals surface area contributed by atoms with E-state index in [0.29, 0.717) is 6.42 Å². The highest BCUT2D eigenvalue weighted by Crippen LogP contribution is 2.32. The van der Waals surface area contributed by atoms with Gasteiger partial charge in [0, 0.05) is 23.5 Å². The molecule has 6 N–H and O–H groups in total. The Morgan fingerprint density at radius 1 is 1.21 bits per heavy atom. The molecule has 0 aliphatic rings. The fourth-order valence-electron chi connectivity index (χ4n) is 3.14. The number of aromatic nitrogens is 1. The summed E-state index contributed by atoms with van der Waals surface area (Å²) >= 11 is 0. The lowest BCUT2D eigenvalue weighted by Crippen LogP contribution is -2.51. The second kappa shape index (κ2) is 9.54. The normalized spacial score (nSPS) is 14.1. The maximum atomic E-state index is 12.7. The largest absolute Gasteiger partial charge is 0.480 e. The van der Waals surface area contributed by atoms with Gasteiger partial charge in [-0.25, -0.2) is 4.79 Å². The average molecular weight is 425 g/mol. The van der Waals surface area contributed by atoms with Crippen molar-refractivity contribution in [1.29, 1.82) is 0 Å². The van der Waals surface area contributed by atoms with Crippen molar-refractivity contribution in [2.75, 3.05) is 6.29 Å². The molecule has 1 unspecified atom stereocenters. The molecule has 0 saturated heterocycles. The van der Waals surface area contributed by atoms with Crippen LogP contribution in [-0.4, -0.2) is 50.1 Å². The third-order valence-electron chi connectivity index (χ3n) is 4.53. The number of hydrogen-bond donors (Lipinski definition) is 6. The lowest BCUT2D eigenvalue weighted by molar-refractivity contribution is -0.142. The summed E-state index contributed by atoms with van der Waals surface area (Å²) in [5.74, 6) is -1.72. The Kier molecular flexibility index (Phi) is 7.60. The second-order valence-electron chi connectivity index (χ2n) is 7.68. The molecule has 2 aromatic rings. The number of aryl methyl sites for hydroxylation is 1. The molecule has 160 valence electrons. The van der Waals surface area contributed by atoms with Crippen LogP contribution in [0.2, 0.25) is 0 Å². The Labute approximate surface area is 169 Å². The monoisotopic (exact) mass is 425 g/mol. The predicted octanol–water partition coefficient (Wildman–Crippen LogP) is 1.73. The van der Waals surface area contributed by atoms with Gasteiger partial charge in [-0.2, -0.15) is 0 Å². The Hall–Kier alpha value is -2.19. The summed E-state index contributed by atoms with van der Waals surface area (Å²) in [7, 11) is -4.35. The van der Waals surface area contributed by atoms with Crippen LogP contribution < -0.4 is 10.6 Å². The highest BCUT2D eigenvalue weighted by molar-refractivity contribution is 7.51. The number of carboxylic acids is 1. The summed E-state index contributed by atoms with van der Waals surface area (Å²) in [6.07, 6.45) is 1.46. The Morgan fingerprint density at radius 3 is 2.48 bits per heavy atom. The topological polar surface area (TPSA) is 152 Å². The molecule has 2 atom stereocenters. The van der Waals surface area contributed by atoms with E-state index in [2.05, 4.69) is 15.6 Å². The number of nitrogens with one attached hydrogen (secondary N) is 3. The van der Waals surface area contributed by atoms with Gasteiger partial charge in [-0.3, -0.25) is 14.7 Å². The van der Waals surface area contributed by atoms with E-state index in [-0.39, 0.29) is 12.3 Å². The van der Waals surface area contributed by atoms with Crippen molar-refractivity contribution in [3.8, 4) is 0 Å². The van der Waals surface area contributed by atoms with Gasteiger partial charge in [-0.05, 0) is 37.0 Å². The molecule has 0 bridgehead atoms. The number of carboxylic acid groups (broad SMARTS) is 1. The van der Waals surface area contributed by atoms with Crippen LogP contribution >= 0.6 is 7.60 Å². The SMILES string of the molecule is Cc1ccc2[nH]cc(CC(NC(=O)[C@H](CC(C)C)NCP(=O)(O)O)C(=O)O)c2c1. The minimum atomic E-state index is -4.35. The number of fused-ring (bicyclic) bond motifs is 1. The van der Waals surface area contributed by atoms with Gasteiger partial charge in [0.15, 0.2) is 0 Å². The molecular formula is C19H28N3O6P. The van der Waals surface area contributed by atoms with Crippen LogP contribution in [0.1, 0.15) is 31.4 Å². The predicted molar refractivity (Wildman–Crippen MR) is 110 cm³/mol. The highest BCUT2D eigenvalue weighted by Gasteiger charge is 2.28. The number of amides is 1. The third-order valence-corrected chi connectivity index (χ3v) is 5.12. The van der Waals surface area contributed by atoms with E-state index in [1.54, 1.807) is 6.20 Å². The molecule has 0 saturated carbocycles. The minimum absolute atomic E-state index is 0.0647. The molecule has 10 heteroatoms. The zero-order valence-electron chi connectivity index (χ0n) is 16.7. The molecular weight excluding hydrogens is 397 g/mol. The number of aromatic amines is 1. The van der Waals surface area contributed by atoms with E-state index in [9.17, 15) is 19.3 Å². The van der Waals surface area contributed by atoms with E-state index in [1.807, 2.05) is 39.0 Å². The van der Waals surface area contributed by atoms with Crippen molar-refractivity contribution >= 4 is 30.4 Å². The van der Waals surface area contributed by atoms with Gasteiger partial charge >= 0.3 is 13.6 Å². The van der Waals surface area contributed by atoms with Gasteiger partial charge in [0.2, 0.25) is 5.91 Å². The van der Waals surface area contributed by atoms with Gasteiger partial charge in [0.05, 0.1) is 12.3 Å². The van der Waals surface area contributed by atoms with Gasteiger partial charge in [0.1, 0.15) is 6.04 Å². The molecule has 1 aromatic carbocycles. The summed E-state index contributed by atoms with van der Waals surface area (Å²) in [4.78, 5) is 45.6. The van der Waals surface area contributed by atoms with Gasteiger partial charge in [-0.15, -0.1) is 0 Å². The number of carbonyl (C=O) groups excluding carboxylic acids is 1. The lowest BCUT2D eigenvalue weighted by atomic mass is 10.0. The first kappa shape index (κ1) is 23.1. The fourth-order valence-corrected chi connectivity index (χ4v) is 3.60. The number of H-pyrrole nitrogens is 1. The Balaban J connectivity index is 2.16. The molecule has 0 radical (unpaired) electrons. The van der Waals surface area contributed by atoms with E-state index in [0.717, 1.165) is 22.0 Å². The standard InChI is InChI=1S/C19H28N3O6P/c1-11(2)6-16(21-10-29(26,27)28)18(23)22-17(19(24)25)8-13-9-20-15-5-4-12(3)7-14(13)15/h4-5,7,9,11,16-17,20-21H,6,8,10H2,1-3H3,(H,22,23)(H,24,25)(H2,26,27,28)/t16-,17?/m0/s1. The maximum Gasteiger partial charge on any atom is 0.339 e. The molecule has 1 amide bonds. The van der Waals surface area contributed by atoms with E-state index in [4.69, 9.17) is 9.79 Å². The Bertz CT molecular complexity index is 920. The summed E-state index contributed by atoms with van der Waals surface area (Å²) < 4.78 is 11.1. The van der Waals surface area contributed by atoms with Crippen LogP contribution in [0.5, 0.6) is 0 Å². The molecule has 0 spiro atoms. The summed E-state index contributed by atoms with van der Waals surface area (Å²) in [6, 6.07) is 3.73. The summed E-state index contributed by atoms with van der Waals surface area (Å²) in [5.41, 5.74) is 2.68. The van der Waals surface area contributed by atoms with Gasteiger partial charge < -0.3 is 25.2 Å². The lowest BCUT2D eigenvalue weighted by Gasteiger charge is -2.23. The number of aliphatic carboxylic acids is 1. The van der Waals surface area contributed by atoms with Crippen LogP contribution in [0.15, 0.2) is 24.4 Å². The number of benzene rings is 1. The number of rotatable bonds is 10. The van der Waals surface area contributed by atoms with Crippen molar-refractivity contribution in [1.82, 2.24) is 15.6 Å². The maximum absolute atomic E-state index is 12.7. The smallest absolute Gasteiger partial charge is 0.339 e. The van der Waals surface area contributed by atoms with E-state index < -0.39 is 37.8 Å². The summed E-state index contributed by atoms with van der Waals surface area (Å²) in [5, 5.41) is 15.6. The van der Waals surface area contributed by atoms with Crippen molar-refractivity contribution in [2.24, 2.45) is 5.92 Å². The first-order valence-electron chi connectivity index (χ1n) is 9.34. The van der Waals surface area contributed by atoms with Gasteiger partial charge in [-0.1, -0.05) is 25.5 Å². The van der Waals surface area contributed by atoms with Crippen LogP contribution in [-0.2, 0) is 20.6 Å². The quantitative estimate of drug-likeness (QED) is 0.317. The van der Waals surface area contributed by atoms with E-state index >= 15 is 0 Å². The van der Waals surface area contributed by atoms with Crippen molar-refractivity contribution in [2.45, 2.75) is 45.7 Å². The molecule has 0 aliphatic heterocycles.